The van der Waals surface area contributed by atoms with Gasteiger partial charge in [-0.05, 0) is 69.4 Å². The van der Waals surface area contributed by atoms with Crippen LogP contribution in [0.2, 0.25) is 0 Å². The Morgan fingerprint density at radius 3 is 2.57 bits per heavy atom. The van der Waals surface area contributed by atoms with E-state index in [0.717, 1.165) is 40.9 Å². The molecule has 4 rings (SSSR count). The molecule has 1 amide bonds. The Hall–Kier alpha value is -2.84. The van der Waals surface area contributed by atoms with Crippen molar-refractivity contribution in [1.82, 2.24) is 15.1 Å². The molecule has 1 aliphatic heterocycles. The number of primary amides is 1. The number of benzene rings is 1. The topological polar surface area (TPSA) is 99.1 Å². The van der Waals surface area contributed by atoms with E-state index in [0.29, 0.717) is 10.9 Å². The molecule has 146 valence electrons. The number of thiophene rings is 1. The van der Waals surface area contributed by atoms with Gasteiger partial charge in [0.25, 0.3) is 5.91 Å². The third-order valence-corrected chi connectivity index (χ3v) is 6.07. The van der Waals surface area contributed by atoms with Gasteiger partial charge in [-0.2, -0.15) is 5.10 Å². The van der Waals surface area contributed by atoms with Crippen LogP contribution >= 0.6 is 11.3 Å². The molecular formula is C20H24N6OS. The van der Waals surface area contributed by atoms with E-state index in [9.17, 15) is 4.79 Å². The minimum atomic E-state index is -0.414. The molecule has 1 fully saturated rings. The molecule has 1 aliphatic rings. The van der Waals surface area contributed by atoms with Gasteiger partial charge < -0.3 is 21.3 Å². The lowest BCUT2D eigenvalue weighted by Gasteiger charge is -2.30. The van der Waals surface area contributed by atoms with Crippen molar-refractivity contribution in [1.29, 1.82) is 0 Å². The summed E-state index contributed by atoms with van der Waals surface area (Å²) in [6.45, 7) is 2.29. The highest BCUT2D eigenvalue weighted by Gasteiger charge is 2.16. The van der Waals surface area contributed by atoms with Crippen molar-refractivity contribution in [3.63, 3.8) is 0 Å². The van der Waals surface area contributed by atoms with Crippen molar-refractivity contribution in [3.05, 3.63) is 47.3 Å². The van der Waals surface area contributed by atoms with Crippen molar-refractivity contribution in [2.45, 2.75) is 18.9 Å². The van der Waals surface area contributed by atoms with Gasteiger partial charge in [0.15, 0.2) is 5.82 Å². The summed E-state index contributed by atoms with van der Waals surface area (Å²) in [6, 6.07) is 14.3. The summed E-state index contributed by atoms with van der Waals surface area (Å²) >= 11 is 1.35. The van der Waals surface area contributed by atoms with Crippen molar-refractivity contribution in [2.24, 2.45) is 5.73 Å². The van der Waals surface area contributed by atoms with E-state index in [1.165, 1.54) is 24.2 Å². The lowest BCUT2D eigenvalue weighted by atomic mass is 10.1. The van der Waals surface area contributed by atoms with Crippen molar-refractivity contribution in [3.8, 4) is 10.6 Å². The third kappa shape index (κ3) is 4.35. The summed E-state index contributed by atoms with van der Waals surface area (Å²) in [7, 11) is 2.17. The smallest absolute Gasteiger partial charge is 0.258 e. The van der Waals surface area contributed by atoms with Crippen LogP contribution in [-0.4, -0.2) is 47.2 Å². The van der Waals surface area contributed by atoms with Crippen LogP contribution in [0.25, 0.3) is 10.6 Å². The van der Waals surface area contributed by atoms with E-state index < -0.39 is 5.91 Å². The minimum absolute atomic E-state index is 0.414. The lowest BCUT2D eigenvalue weighted by Crippen LogP contribution is -2.36. The van der Waals surface area contributed by atoms with Gasteiger partial charge in [-0.25, -0.2) is 0 Å². The molecule has 0 spiro atoms. The molecule has 2 aromatic heterocycles. The second-order valence-electron chi connectivity index (χ2n) is 7.12. The number of hydrogen-bond acceptors (Lipinski definition) is 6. The van der Waals surface area contributed by atoms with E-state index in [2.05, 4.69) is 44.9 Å². The lowest BCUT2D eigenvalue weighted by molar-refractivity contribution is 0.100. The maximum absolute atomic E-state index is 11.2. The molecule has 0 aliphatic carbocycles. The summed E-state index contributed by atoms with van der Waals surface area (Å²) in [5, 5.41) is 14.2. The number of aromatic amines is 1. The first kappa shape index (κ1) is 18.5. The van der Waals surface area contributed by atoms with Gasteiger partial charge in [-0.3, -0.25) is 9.89 Å². The molecule has 8 heteroatoms. The van der Waals surface area contributed by atoms with Gasteiger partial charge in [-0.15, -0.1) is 11.3 Å². The molecule has 0 atom stereocenters. The first-order valence-corrected chi connectivity index (χ1v) is 10.2. The van der Waals surface area contributed by atoms with Crippen molar-refractivity contribution in [2.75, 3.05) is 30.8 Å². The number of likely N-dealkylation sites (tertiary alicyclic amines) is 1. The van der Waals surface area contributed by atoms with Crippen molar-refractivity contribution >= 4 is 34.4 Å². The maximum Gasteiger partial charge on any atom is 0.258 e. The third-order valence-electron chi connectivity index (χ3n) is 4.94. The van der Waals surface area contributed by atoms with Crippen LogP contribution in [0.15, 0.2) is 42.5 Å². The Balaban J connectivity index is 1.36. The number of aromatic nitrogens is 2. The van der Waals surface area contributed by atoms with Crippen LogP contribution in [0.3, 0.4) is 0 Å². The predicted molar refractivity (Wildman–Crippen MR) is 114 cm³/mol. The standard InChI is InChI=1S/C20H24N6OS/c1-26-10-8-15(9-11-26)22-13-2-4-14(5-3-13)23-19-12-16(24-25-19)17-6-7-18(28-17)20(21)27/h2-7,12,15,22H,8-11H2,1H3,(H2,21,27)(H2,23,24,25). The molecule has 1 aromatic carbocycles. The Morgan fingerprint density at radius 2 is 1.89 bits per heavy atom. The highest BCUT2D eigenvalue weighted by atomic mass is 32.1. The molecule has 28 heavy (non-hydrogen) atoms. The fourth-order valence-corrected chi connectivity index (χ4v) is 4.14. The summed E-state index contributed by atoms with van der Waals surface area (Å²) < 4.78 is 0. The largest absolute Gasteiger partial charge is 0.382 e. The molecule has 0 saturated carbocycles. The van der Waals surface area contributed by atoms with E-state index >= 15 is 0 Å². The Labute approximate surface area is 167 Å². The normalized spacial score (nSPS) is 15.5. The van der Waals surface area contributed by atoms with Gasteiger partial charge in [0.05, 0.1) is 15.4 Å². The van der Waals surface area contributed by atoms with Crippen LogP contribution in [-0.2, 0) is 0 Å². The Kier molecular flexibility index (Phi) is 5.31. The summed E-state index contributed by atoms with van der Waals surface area (Å²) in [6.07, 6.45) is 2.35. The van der Waals surface area contributed by atoms with Gasteiger partial charge in [0, 0.05) is 23.5 Å². The number of nitrogens with zero attached hydrogens (tertiary/aromatic N) is 2. The van der Waals surface area contributed by atoms with E-state index in [4.69, 9.17) is 5.73 Å². The number of anilines is 3. The van der Waals surface area contributed by atoms with Gasteiger partial charge >= 0.3 is 0 Å². The quantitative estimate of drug-likeness (QED) is 0.511. The highest BCUT2D eigenvalue weighted by molar-refractivity contribution is 7.17. The summed E-state index contributed by atoms with van der Waals surface area (Å²) in [5.41, 5.74) is 8.27. The fraction of sp³-hybridized carbons (Fsp3) is 0.300. The Morgan fingerprint density at radius 1 is 1.18 bits per heavy atom. The van der Waals surface area contributed by atoms with E-state index in [1.807, 2.05) is 24.3 Å². The number of H-pyrrole nitrogens is 1. The predicted octanol–water partition coefficient (Wildman–Crippen LogP) is 3.49. The molecule has 5 N–H and O–H groups in total. The molecular weight excluding hydrogens is 372 g/mol. The van der Waals surface area contributed by atoms with Crippen LogP contribution in [0, 0.1) is 0 Å². The molecule has 0 bridgehead atoms. The summed E-state index contributed by atoms with van der Waals surface area (Å²) in [4.78, 5) is 15.1. The fourth-order valence-electron chi connectivity index (χ4n) is 3.31. The number of amides is 1. The van der Waals surface area contributed by atoms with Crippen LogP contribution in [0.5, 0.6) is 0 Å². The zero-order valence-corrected chi connectivity index (χ0v) is 16.6. The van der Waals surface area contributed by atoms with Crippen LogP contribution in [0.1, 0.15) is 22.5 Å². The van der Waals surface area contributed by atoms with Crippen LogP contribution in [0.4, 0.5) is 17.2 Å². The van der Waals surface area contributed by atoms with Crippen molar-refractivity contribution < 1.29 is 4.79 Å². The van der Waals surface area contributed by atoms with Gasteiger partial charge in [-0.1, -0.05) is 0 Å². The van der Waals surface area contributed by atoms with Gasteiger partial charge in [0.2, 0.25) is 0 Å². The number of hydrogen-bond donors (Lipinski definition) is 4. The average molecular weight is 397 g/mol. The van der Waals surface area contributed by atoms with E-state index in [-0.39, 0.29) is 0 Å². The first-order chi connectivity index (χ1) is 13.6. The average Bonchev–Trinajstić information content (AvgIpc) is 3.35. The minimum Gasteiger partial charge on any atom is -0.382 e. The molecule has 0 radical (unpaired) electrons. The van der Waals surface area contributed by atoms with E-state index in [1.54, 1.807) is 6.07 Å². The first-order valence-electron chi connectivity index (χ1n) is 9.34. The Bertz CT molecular complexity index is 940. The molecule has 3 heterocycles. The summed E-state index contributed by atoms with van der Waals surface area (Å²) in [5.74, 6) is 0.308. The molecule has 7 nitrogen and oxygen atoms in total. The number of rotatable bonds is 6. The second kappa shape index (κ2) is 8.04. The van der Waals surface area contributed by atoms with Crippen LogP contribution < -0.4 is 16.4 Å². The second-order valence-corrected chi connectivity index (χ2v) is 8.20. The number of nitrogens with one attached hydrogen (secondary N) is 3. The number of carbonyl (C=O) groups is 1. The zero-order chi connectivity index (χ0) is 19.5. The number of carbonyl (C=O) groups excluding carboxylic acids is 1. The number of piperidine rings is 1. The highest BCUT2D eigenvalue weighted by Crippen LogP contribution is 2.29. The monoisotopic (exact) mass is 396 g/mol. The maximum atomic E-state index is 11.2. The molecule has 0 unspecified atom stereocenters. The zero-order valence-electron chi connectivity index (χ0n) is 15.7. The number of nitrogens with two attached hydrogens (primary N) is 1. The molecule has 1 saturated heterocycles. The SMILES string of the molecule is CN1CCC(Nc2ccc(Nc3cc(-c4ccc(C(N)=O)s4)[nH]n3)cc2)CC1. The molecule has 3 aromatic rings. The van der Waals surface area contributed by atoms with Gasteiger partial charge in [0.1, 0.15) is 0 Å².